The van der Waals surface area contributed by atoms with E-state index in [4.69, 9.17) is 14.3 Å². The van der Waals surface area contributed by atoms with Gasteiger partial charge in [0.15, 0.2) is 11.5 Å². The molecule has 0 saturated carbocycles. The molecule has 7 heteroatoms. The van der Waals surface area contributed by atoms with Crippen LogP contribution in [0.5, 0.6) is 11.5 Å². The van der Waals surface area contributed by atoms with E-state index in [9.17, 15) is 9.59 Å². The molecule has 0 aromatic heterocycles. The smallest absolute Gasteiger partial charge is 0.281 e. The summed E-state index contributed by atoms with van der Waals surface area (Å²) in [6.45, 7) is 4.78. The first-order chi connectivity index (χ1) is 14.0. The van der Waals surface area contributed by atoms with Crippen LogP contribution >= 0.6 is 0 Å². The summed E-state index contributed by atoms with van der Waals surface area (Å²) in [6.07, 6.45) is 0.204. The van der Waals surface area contributed by atoms with Crippen LogP contribution in [0.25, 0.3) is 0 Å². The summed E-state index contributed by atoms with van der Waals surface area (Å²) in [5, 5.41) is 4.17. The minimum absolute atomic E-state index is 0.0306. The molecule has 0 N–H and O–H groups in total. The molecule has 29 heavy (non-hydrogen) atoms. The van der Waals surface area contributed by atoms with Crippen molar-refractivity contribution in [1.29, 1.82) is 0 Å². The van der Waals surface area contributed by atoms with E-state index >= 15 is 0 Å². The third-order valence-electron chi connectivity index (χ3n) is 5.60. The molecule has 0 radical (unpaired) electrons. The van der Waals surface area contributed by atoms with Crippen molar-refractivity contribution < 1.29 is 23.9 Å². The number of hydrogen-bond donors (Lipinski definition) is 0. The summed E-state index contributed by atoms with van der Waals surface area (Å²) in [6, 6.07) is 11.2. The highest BCUT2D eigenvalue weighted by Crippen LogP contribution is 2.41. The molecule has 3 heterocycles. The number of carbonyl (C=O) groups is 2. The normalized spacial score (nSPS) is 22.8. The lowest BCUT2D eigenvalue weighted by atomic mass is 9.92. The molecule has 1 saturated heterocycles. The largest absolute Gasteiger partial charge is 0.486 e. The van der Waals surface area contributed by atoms with Crippen molar-refractivity contribution in [2.75, 3.05) is 18.1 Å². The van der Waals surface area contributed by atoms with Crippen LogP contribution in [-0.2, 0) is 14.4 Å². The van der Waals surface area contributed by atoms with Crippen LogP contribution in [0.1, 0.15) is 29.5 Å². The number of benzene rings is 2. The lowest BCUT2D eigenvalue weighted by Crippen LogP contribution is -2.41. The molecule has 1 atom stereocenters. The zero-order valence-corrected chi connectivity index (χ0v) is 16.2. The van der Waals surface area contributed by atoms with Crippen LogP contribution < -0.4 is 14.4 Å². The van der Waals surface area contributed by atoms with Gasteiger partial charge in [0.05, 0.1) is 17.8 Å². The Morgan fingerprint density at radius 3 is 2.45 bits per heavy atom. The van der Waals surface area contributed by atoms with Crippen molar-refractivity contribution in [1.82, 2.24) is 0 Å². The van der Waals surface area contributed by atoms with Gasteiger partial charge in [-0.25, -0.2) is 4.90 Å². The fraction of sp³-hybridized carbons (Fsp3) is 0.318. The van der Waals surface area contributed by atoms with Crippen LogP contribution in [0, 0.1) is 13.8 Å². The van der Waals surface area contributed by atoms with Gasteiger partial charge in [-0.3, -0.25) is 9.59 Å². The molecular formula is C22H20N2O5. The summed E-state index contributed by atoms with van der Waals surface area (Å²) in [5.74, 6) is 0.688. The van der Waals surface area contributed by atoms with Crippen LogP contribution in [0.3, 0.4) is 0 Å². The first kappa shape index (κ1) is 17.7. The van der Waals surface area contributed by atoms with E-state index < -0.39 is 5.60 Å². The van der Waals surface area contributed by atoms with E-state index in [1.807, 2.05) is 50.2 Å². The highest BCUT2D eigenvalue weighted by atomic mass is 16.7. The summed E-state index contributed by atoms with van der Waals surface area (Å²) >= 11 is 0. The maximum Gasteiger partial charge on any atom is 0.281 e. The number of fused-ring (bicyclic) bond motifs is 1. The van der Waals surface area contributed by atoms with Gasteiger partial charge in [-0.2, -0.15) is 0 Å². The third kappa shape index (κ3) is 2.68. The number of anilines is 1. The average Bonchev–Trinajstić information content (AvgIpc) is 3.24. The molecule has 1 spiro atoms. The van der Waals surface area contributed by atoms with Crippen LogP contribution in [0.4, 0.5) is 5.69 Å². The van der Waals surface area contributed by atoms with E-state index in [-0.39, 0.29) is 24.7 Å². The quantitative estimate of drug-likeness (QED) is 0.735. The number of carbonyl (C=O) groups excluding carboxylic acids is 2. The average molecular weight is 392 g/mol. The number of ether oxygens (including phenoxy) is 2. The predicted molar refractivity (Wildman–Crippen MR) is 105 cm³/mol. The van der Waals surface area contributed by atoms with Gasteiger partial charge in [-0.05, 0) is 43.2 Å². The summed E-state index contributed by atoms with van der Waals surface area (Å²) < 4.78 is 11.2. The van der Waals surface area contributed by atoms with Crippen molar-refractivity contribution in [2.24, 2.45) is 5.16 Å². The second-order valence-corrected chi connectivity index (χ2v) is 7.61. The van der Waals surface area contributed by atoms with Crippen molar-refractivity contribution in [3.63, 3.8) is 0 Å². The van der Waals surface area contributed by atoms with Gasteiger partial charge in [0, 0.05) is 12.0 Å². The second-order valence-electron chi connectivity index (χ2n) is 7.61. The van der Waals surface area contributed by atoms with E-state index in [0.717, 1.165) is 16.7 Å². The maximum absolute atomic E-state index is 13.3. The monoisotopic (exact) mass is 392 g/mol. The molecule has 0 aliphatic carbocycles. The number of amides is 2. The van der Waals surface area contributed by atoms with E-state index in [1.54, 1.807) is 0 Å². The highest BCUT2D eigenvalue weighted by Gasteiger charge is 2.58. The van der Waals surface area contributed by atoms with Crippen molar-refractivity contribution in [3.8, 4) is 11.5 Å². The van der Waals surface area contributed by atoms with Gasteiger partial charge in [0.1, 0.15) is 13.2 Å². The van der Waals surface area contributed by atoms with Gasteiger partial charge >= 0.3 is 0 Å². The van der Waals surface area contributed by atoms with Gasteiger partial charge in [0.2, 0.25) is 11.5 Å². The SMILES string of the molecule is Cc1cccc(C)c1N1C(=O)CC2(CC(c3ccc4c(c3)OCCO4)=NO2)C1=O. The molecule has 2 aromatic rings. The van der Waals surface area contributed by atoms with Crippen molar-refractivity contribution in [3.05, 3.63) is 53.1 Å². The first-order valence-corrected chi connectivity index (χ1v) is 9.57. The summed E-state index contributed by atoms with van der Waals surface area (Å²) in [7, 11) is 0. The van der Waals surface area contributed by atoms with Crippen LogP contribution in [-0.4, -0.2) is 36.3 Å². The Labute approximate surface area is 167 Å². The lowest BCUT2D eigenvalue weighted by molar-refractivity contribution is -0.136. The van der Waals surface area contributed by atoms with E-state index in [0.29, 0.717) is 36.1 Å². The Morgan fingerprint density at radius 1 is 0.966 bits per heavy atom. The molecule has 0 bridgehead atoms. The fourth-order valence-corrected chi connectivity index (χ4v) is 4.17. The number of oxime groups is 1. The Bertz CT molecular complexity index is 1060. The summed E-state index contributed by atoms with van der Waals surface area (Å²) in [4.78, 5) is 33.0. The highest BCUT2D eigenvalue weighted by molar-refractivity contribution is 6.26. The Morgan fingerprint density at radius 2 is 1.69 bits per heavy atom. The fourth-order valence-electron chi connectivity index (χ4n) is 4.17. The minimum Gasteiger partial charge on any atom is -0.486 e. The number of imide groups is 1. The second kappa shape index (κ2) is 6.34. The van der Waals surface area contributed by atoms with Gasteiger partial charge in [-0.15, -0.1) is 0 Å². The lowest BCUT2D eigenvalue weighted by Gasteiger charge is -2.22. The molecule has 1 unspecified atom stereocenters. The van der Waals surface area contributed by atoms with Gasteiger partial charge < -0.3 is 14.3 Å². The van der Waals surface area contributed by atoms with Crippen LogP contribution in [0.15, 0.2) is 41.6 Å². The molecule has 2 amide bonds. The first-order valence-electron chi connectivity index (χ1n) is 9.57. The molecule has 7 nitrogen and oxygen atoms in total. The number of nitrogens with zero attached hydrogens (tertiary/aromatic N) is 2. The zero-order chi connectivity index (χ0) is 20.2. The molecule has 148 valence electrons. The Kier molecular flexibility index (Phi) is 3.87. The summed E-state index contributed by atoms with van der Waals surface area (Å²) in [5.41, 5.74) is 2.50. The molecule has 3 aliphatic rings. The number of para-hydroxylation sites is 1. The topological polar surface area (TPSA) is 77.4 Å². The van der Waals surface area contributed by atoms with Crippen molar-refractivity contribution >= 4 is 23.2 Å². The number of hydrogen-bond acceptors (Lipinski definition) is 6. The number of rotatable bonds is 2. The number of aryl methyl sites for hydroxylation is 2. The predicted octanol–water partition coefficient (Wildman–Crippen LogP) is 2.90. The molecule has 2 aromatic carbocycles. The standard InChI is InChI=1S/C22H20N2O5/c1-13-4-3-5-14(2)20(13)24-19(25)12-22(21(24)26)11-16(23-29-22)15-6-7-17-18(10-15)28-9-8-27-17/h3-7,10H,8-9,11-12H2,1-2H3. The van der Waals surface area contributed by atoms with Crippen LogP contribution in [0.2, 0.25) is 0 Å². The van der Waals surface area contributed by atoms with Crippen molar-refractivity contribution in [2.45, 2.75) is 32.3 Å². The maximum atomic E-state index is 13.3. The molecule has 5 rings (SSSR count). The van der Waals surface area contributed by atoms with Gasteiger partial charge in [0.25, 0.3) is 5.91 Å². The molecular weight excluding hydrogens is 372 g/mol. The minimum atomic E-state index is -1.28. The van der Waals surface area contributed by atoms with Gasteiger partial charge in [-0.1, -0.05) is 23.4 Å². The Hall–Kier alpha value is -3.35. The molecule has 1 fully saturated rings. The Balaban J connectivity index is 1.44. The third-order valence-corrected chi connectivity index (χ3v) is 5.60. The molecule has 3 aliphatic heterocycles. The van der Waals surface area contributed by atoms with E-state index in [1.165, 1.54) is 4.90 Å². The zero-order valence-electron chi connectivity index (χ0n) is 16.2. The van der Waals surface area contributed by atoms with E-state index in [2.05, 4.69) is 5.16 Å².